The topological polar surface area (TPSA) is 40.5 Å². The number of benzene rings is 2. The number of esters is 1. The Balaban J connectivity index is 1.77. The first-order valence-electron chi connectivity index (χ1n) is 7.65. The maximum atomic E-state index is 11.9. The number of para-hydroxylation sites is 1. The third-order valence-corrected chi connectivity index (χ3v) is 4.35. The van der Waals surface area contributed by atoms with Gasteiger partial charge in [0.1, 0.15) is 12.4 Å². The fourth-order valence-corrected chi connectivity index (χ4v) is 2.79. The van der Waals surface area contributed by atoms with Crippen LogP contribution in [0.2, 0.25) is 5.02 Å². The summed E-state index contributed by atoms with van der Waals surface area (Å²) < 4.78 is 12.7. The first-order valence-corrected chi connectivity index (χ1v) is 8.03. The normalized spacial score (nSPS) is 10.8. The maximum Gasteiger partial charge on any atom is 0.340 e. The van der Waals surface area contributed by atoms with Gasteiger partial charge in [-0.25, -0.2) is 4.79 Å². The number of nitrogens with zero attached hydrogens (tertiary/aromatic N) is 1. The van der Waals surface area contributed by atoms with E-state index in [4.69, 9.17) is 21.1 Å². The lowest BCUT2D eigenvalue weighted by atomic mass is 10.2. The number of aryl methyl sites for hydroxylation is 1. The summed E-state index contributed by atoms with van der Waals surface area (Å²) in [4.78, 5) is 11.9. The van der Waals surface area contributed by atoms with Crippen molar-refractivity contribution in [3.05, 3.63) is 64.8 Å². The summed E-state index contributed by atoms with van der Waals surface area (Å²) in [6.07, 6.45) is 1.81. The number of hydrogen-bond donors (Lipinski definition) is 0. The molecule has 0 amide bonds. The molecule has 0 saturated carbocycles. The molecule has 0 unspecified atom stereocenters. The van der Waals surface area contributed by atoms with Crippen molar-refractivity contribution in [2.75, 3.05) is 13.7 Å². The predicted octanol–water partition coefficient (Wildman–Crippen LogP) is 4.47. The highest BCUT2D eigenvalue weighted by Gasteiger charge is 2.14. The molecule has 0 aliphatic heterocycles. The standard InChI is InChI=1S/C19H18ClNO3/c1-13-11-14(7-8-17(13)20)24-10-9-21-12-16(19(22)23-2)15-5-3-4-6-18(15)21/h3-8,11-12H,9-10H2,1-2H3. The molecule has 5 heteroatoms. The number of carbonyl (C=O) groups excluding carboxylic acids is 1. The number of fused-ring (bicyclic) bond motifs is 1. The summed E-state index contributed by atoms with van der Waals surface area (Å²) in [5, 5.41) is 1.60. The summed E-state index contributed by atoms with van der Waals surface area (Å²) in [5.41, 5.74) is 2.53. The molecule has 3 rings (SSSR count). The van der Waals surface area contributed by atoms with Gasteiger partial charge in [-0.15, -0.1) is 0 Å². The van der Waals surface area contributed by atoms with Crippen molar-refractivity contribution in [2.45, 2.75) is 13.5 Å². The van der Waals surface area contributed by atoms with Crippen LogP contribution in [0.4, 0.5) is 0 Å². The van der Waals surface area contributed by atoms with Gasteiger partial charge in [-0.05, 0) is 36.8 Å². The molecule has 3 aromatic rings. The zero-order valence-corrected chi connectivity index (χ0v) is 14.3. The van der Waals surface area contributed by atoms with Gasteiger partial charge in [0.15, 0.2) is 0 Å². The van der Waals surface area contributed by atoms with Crippen molar-refractivity contribution in [3.8, 4) is 5.75 Å². The second-order valence-corrected chi connectivity index (χ2v) is 5.91. The third-order valence-electron chi connectivity index (χ3n) is 3.92. The van der Waals surface area contributed by atoms with E-state index >= 15 is 0 Å². The Morgan fingerprint density at radius 1 is 1.21 bits per heavy atom. The van der Waals surface area contributed by atoms with E-state index in [0.717, 1.165) is 27.2 Å². The van der Waals surface area contributed by atoms with Gasteiger partial charge < -0.3 is 14.0 Å². The Bertz CT molecular complexity index is 885. The largest absolute Gasteiger partial charge is 0.492 e. The number of aromatic nitrogens is 1. The van der Waals surface area contributed by atoms with E-state index in [1.165, 1.54) is 7.11 Å². The van der Waals surface area contributed by atoms with Crippen LogP contribution in [0.15, 0.2) is 48.7 Å². The summed E-state index contributed by atoms with van der Waals surface area (Å²) in [5.74, 6) is 0.445. The lowest BCUT2D eigenvalue weighted by Gasteiger charge is -2.09. The van der Waals surface area contributed by atoms with Crippen molar-refractivity contribution >= 4 is 28.5 Å². The summed E-state index contributed by atoms with van der Waals surface area (Å²) in [6.45, 7) is 3.05. The molecule has 0 fully saturated rings. The number of rotatable bonds is 5. The molecule has 2 aromatic carbocycles. The van der Waals surface area contributed by atoms with E-state index in [1.54, 1.807) is 0 Å². The molecule has 0 N–H and O–H groups in total. The molecule has 0 atom stereocenters. The second-order valence-electron chi connectivity index (χ2n) is 5.50. The quantitative estimate of drug-likeness (QED) is 0.642. The van der Waals surface area contributed by atoms with Gasteiger partial charge in [0, 0.05) is 22.1 Å². The van der Waals surface area contributed by atoms with Gasteiger partial charge in [-0.1, -0.05) is 29.8 Å². The van der Waals surface area contributed by atoms with Crippen molar-refractivity contribution in [1.29, 1.82) is 0 Å². The molecular formula is C19H18ClNO3. The minimum atomic E-state index is -0.334. The van der Waals surface area contributed by atoms with Gasteiger partial charge in [0.2, 0.25) is 0 Å². The molecule has 0 spiro atoms. The molecule has 1 heterocycles. The van der Waals surface area contributed by atoms with Crippen LogP contribution in [-0.4, -0.2) is 24.3 Å². The first-order chi connectivity index (χ1) is 11.6. The van der Waals surface area contributed by atoms with E-state index in [1.807, 2.05) is 60.2 Å². The SMILES string of the molecule is COC(=O)c1cn(CCOc2ccc(Cl)c(C)c2)c2ccccc12. The molecule has 124 valence electrons. The van der Waals surface area contributed by atoms with Crippen LogP contribution >= 0.6 is 11.6 Å². The smallest absolute Gasteiger partial charge is 0.340 e. The first kappa shape index (κ1) is 16.4. The number of hydrogen-bond acceptors (Lipinski definition) is 3. The Hall–Kier alpha value is -2.46. The fourth-order valence-electron chi connectivity index (χ4n) is 2.67. The van der Waals surface area contributed by atoms with E-state index in [9.17, 15) is 4.79 Å². The second kappa shape index (κ2) is 6.97. The van der Waals surface area contributed by atoms with Gasteiger partial charge in [0.05, 0.1) is 19.2 Å². The molecule has 0 aliphatic rings. The summed E-state index contributed by atoms with van der Waals surface area (Å²) >= 11 is 6.02. The molecular weight excluding hydrogens is 326 g/mol. The molecule has 1 aromatic heterocycles. The molecule has 0 aliphatic carbocycles. The van der Waals surface area contributed by atoms with Crippen LogP contribution in [0.3, 0.4) is 0 Å². The van der Waals surface area contributed by atoms with Gasteiger partial charge in [-0.2, -0.15) is 0 Å². The Morgan fingerprint density at radius 3 is 2.75 bits per heavy atom. The minimum absolute atomic E-state index is 0.334. The van der Waals surface area contributed by atoms with Gasteiger partial charge in [-0.3, -0.25) is 0 Å². The van der Waals surface area contributed by atoms with Crippen LogP contribution in [0.1, 0.15) is 15.9 Å². The van der Waals surface area contributed by atoms with Crippen molar-refractivity contribution in [1.82, 2.24) is 4.57 Å². The highest BCUT2D eigenvalue weighted by molar-refractivity contribution is 6.31. The molecule has 0 radical (unpaired) electrons. The lowest BCUT2D eigenvalue weighted by Crippen LogP contribution is -2.07. The fraction of sp³-hybridized carbons (Fsp3) is 0.211. The Morgan fingerprint density at radius 2 is 2.00 bits per heavy atom. The summed E-state index contributed by atoms with van der Waals surface area (Å²) in [6, 6.07) is 13.3. The van der Waals surface area contributed by atoms with Gasteiger partial charge >= 0.3 is 5.97 Å². The minimum Gasteiger partial charge on any atom is -0.492 e. The number of ether oxygens (including phenoxy) is 2. The highest BCUT2D eigenvalue weighted by Crippen LogP contribution is 2.23. The maximum absolute atomic E-state index is 11.9. The van der Waals surface area contributed by atoms with Crippen molar-refractivity contribution < 1.29 is 14.3 Å². The van der Waals surface area contributed by atoms with Crippen molar-refractivity contribution in [2.24, 2.45) is 0 Å². The van der Waals surface area contributed by atoms with E-state index in [0.29, 0.717) is 18.7 Å². The Kier molecular flexibility index (Phi) is 4.76. The molecule has 4 nitrogen and oxygen atoms in total. The average molecular weight is 344 g/mol. The third kappa shape index (κ3) is 3.24. The van der Waals surface area contributed by atoms with Crippen molar-refractivity contribution in [3.63, 3.8) is 0 Å². The van der Waals surface area contributed by atoms with Gasteiger partial charge in [0.25, 0.3) is 0 Å². The average Bonchev–Trinajstić information content (AvgIpc) is 2.96. The molecule has 0 saturated heterocycles. The Labute approximate surface area is 145 Å². The number of carbonyl (C=O) groups is 1. The van der Waals surface area contributed by atoms with Crippen LogP contribution in [0.5, 0.6) is 5.75 Å². The van der Waals surface area contributed by atoms with Crippen LogP contribution in [-0.2, 0) is 11.3 Å². The van der Waals surface area contributed by atoms with Crippen LogP contribution < -0.4 is 4.74 Å². The van der Waals surface area contributed by atoms with E-state index < -0.39 is 0 Å². The highest BCUT2D eigenvalue weighted by atomic mass is 35.5. The molecule has 0 bridgehead atoms. The van der Waals surface area contributed by atoms with E-state index in [2.05, 4.69) is 0 Å². The summed E-state index contributed by atoms with van der Waals surface area (Å²) in [7, 11) is 1.39. The predicted molar refractivity (Wildman–Crippen MR) is 95.0 cm³/mol. The number of methoxy groups -OCH3 is 1. The van der Waals surface area contributed by atoms with Crippen LogP contribution in [0, 0.1) is 6.92 Å². The zero-order chi connectivity index (χ0) is 17.1. The zero-order valence-electron chi connectivity index (χ0n) is 13.6. The van der Waals surface area contributed by atoms with E-state index in [-0.39, 0.29) is 5.97 Å². The molecule has 24 heavy (non-hydrogen) atoms. The monoisotopic (exact) mass is 343 g/mol. The number of halogens is 1. The van der Waals surface area contributed by atoms with Crippen LogP contribution in [0.25, 0.3) is 10.9 Å². The lowest BCUT2D eigenvalue weighted by molar-refractivity contribution is 0.0602.